The minimum atomic E-state index is -1.00. The molecule has 24 heavy (non-hydrogen) atoms. The van der Waals surface area contributed by atoms with E-state index < -0.39 is 17.1 Å². The van der Waals surface area contributed by atoms with Gasteiger partial charge in [0.25, 0.3) is 0 Å². The van der Waals surface area contributed by atoms with Crippen LogP contribution < -0.4 is 4.74 Å². The van der Waals surface area contributed by atoms with Crippen molar-refractivity contribution in [3.8, 4) is 11.5 Å². The Morgan fingerprint density at radius 2 is 2.25 bits per heavy atom. The molecular formula is C19H21NO4. The number of ether oxygens (including phenoxy) is 1. The lowest BCUT2D eigenvalue weighted by Gasteiger charge is -2.62. The van der Waals surface area contributed by atoms with Crippen molar-refractivity contribution in [3.63, 3.8) is 0 Å². The number of piperidine rings is 1. The molecule has 2 fully saturated rings. The first kappa shape index (κ1) is 14.5. The number of Topliss-reactive ketones (excluding diaryl/α,β-unsaturated/α-hetero) is 1. The number of hydrogen-bond acceptors (Lipinski definition) is 5. The number of nitrogens with zero attached hydrogens (tertiary/aromatic N) is 1. The summed E-state index contributed by atoms with van der Waals surface area (Å²) in [6, 6.07) is 3.52. The van der Waals surface area contributed by atoms with E-state index in [1.807, 2.05) is 12.1 Å². The third-order valence-corrected chi connectivity index (χ3v) is 6.73. The van der Waals surface area contributed by atoms with E-state index in [0.29, 0.717) is 31.4 Å². The molecule has 126 valence electrons. The van der Waals surface area contributed by atoms with Crippen LogP contribution in [0.15, 0.2) is 24.8 Å². The van der Waals surface area contributed by atoms with Crippen LogP contribution in [0.3, 0.4) is 0 Å². The van der Waals surface area contributed by atoms with E-state index in [0.717, 1.165) is 24.2 Å². The highest BCUT2D eigenvalue weighted by Crippen LogP contribution is 2.64. The van der Waals surface area contributed by atoms with Gasteiger partial charge in [0.15, 0.2) is 23.4 Å². The van der Waals surface area contributed by atoms with E-state index in [4.69, 9.17) is 4.74 Å². The van der Waals surface area contributed by atoms with E-state index in [-0.39, 0.29) is 17.6 Å². The Morgan fingerprint density at radius 3 is 3.04 bits per heavy atom. The normalized spacial score (nSPS) is 39.3. The third kappa shape index (κ3) is 1.38. The van der Waals surface area contributed by atoms with Gasteiger partial charge in [0.1, 0.15) is 0 Å². The van der Waals surface area contributed by atoms with Crippen molar-refractivity contribution in [3.05, 3.63) is 35.9 Å². The second kappa shape index (κ2) is 4.41. The number of benzene rings is 1. The molecule has 5 heteroatoms. The van der Waals surface area contributed by atoms with Gasteiger partial charge >= 0.3 is 0 Å². The summed E-state index contributed by atoms with van der Waals surface area (Å²) in [6.07, 6.45) is 3.35. The van der Waals surface area contributed by atoms with Crippen LogP contribution in [-0.2, 0) is 16.6 Å². The van der Waals surface area contributed by atoms with E-state index in [2.05, 4.69) is 11.5 Å². The largest absolute Gasteiger partial charge is 0.504 e. The highest BCUT2D eigenvalue weighted by Gasteiger charge is 2.72. The Balaban J connectivity index is 1.80. The molecule has 1 saturated heterocycles. The summed E-state index contributed by atoms with van der Waals surface area (Å²) in [6.45, 7) is 5.36. The molecule has 2 N–H and O–H groups in total. The zero-order chi connectivity index (χ0) is 16.7. The first-order chi connectivity index (χ1) is 11.5. The van der Waals surface area contributed by atoms with Crippen LogP contribution >= 0.6 is 0 Å². The molecule has 1 spiro atoms. The predicted octanol–water partition coefficient (Wildman–Crippen LogP) is 1.30. The summed E-state index contributed by atoms with van der Waals surface area (Å²) in [5.74, 6) is 0.528. The van der Waals surface area contributed by atoms with Crippen molar-refractivity contribution < 1.29 is 19.7 Å². The summed E-state index contributed by atoms with van der Waals surface area (Å²) < 4.78 is 5.98. The highest BCUT2D eigenvalue weighted by atomic mass is 16.5. The van der Waals surface area contributed by atoms with Gasteiger partial charge in [-0.25, -0.2) is 0 Å². The smallest absolute Gasteiger partial charge is 0.174 e. The molecule has 4 atom stereocenters. The lowest BCUT2D eigenvalue weighted by atomic mass is 9.49. The fraction of sp³-hybridized carbons (Fsp3) is 0.526. The van der Waals surface area contributed by atoms with E-state index in [1.165, 1.54) is 0 Å². The number of carbonyl (C=O) groups is 1. The fourth-order valence-electron chi connectivity index (χ4n) is 5.80. The number of phenolic OH excluding ortho intramolecular Hbond substituents is 1. The Hall–Kier alpha value is -1.85. The molecule has 2 heterocycles. The van der Waals surface area contributed by atoms with Crippen LogP contribution in [0.2, 0.25) is 0 Å². The van der Waals surface area contributed by atoms with Gasteiger partial charge < -0.3 is 14.9 Å². The zero-order valence-corrected chi connectivity index (χ0v) is 13.5. The van der Waals surface area contributed by atoms with Gasteiger partial charge in [-0.05, 0) is 30.9 Å². The standard InChI is InChI=1S/C19H21NO4/c1-2-8-20-9-7-18-15-11-3-4-12(21)16(15)24-17(18)13(22)5-6-19(18,23)14(20)10-11/h2-4,14,17,21,23H,1,5-10H2/t14-,17+,18+,19+/m1/s1. The van der Waals surface area contributed by atoms with Crippen LogP contribution in [0.5, 0.6) is 11.5 Å². The van der Waals surface area contributed by atoms with Crippen molar-refractivity contribution in [2.45, 2.75) is 48.8 Å². The predicted molar refractivity (Wildman–Crippen MR) is 87.3 cm³/mol. The molecule has 0 radical (unpaired) electrons. The van der Waals surface area contributed by atoms with Crippen LogP contribution in [0.1, 0.15) is 30.4 Å². The molecule has 1 aromatic carbocycles. The fourth-order valence-corrected chi connectivity index (χ4v) is 5.80. The van der Waals surface area contributed by atoms with E-state index in [1.54, 1.807) is 6.07 Å². The Morgan fingerprint density at radius 1 is 1.42 bits per heavy atom. The SMILES string of the molecule is C=CCN1CC[C@]23c4c5ccc(O)c4O[C@H]2C(=O)CC[C@]3(O)[C@H]1C5. The van der Waals surface area contributed by atoms with Crippen molar-refractivity contribution in [2.24, 2.45) is 0 Å². The molecule has 5 rings (SSSR count). The van der Waals surface area contributed by atoms with Crippen LogP contribution in [-0.4, -0.2) is 51.7 Å². The third-order valence-electron chi connectivity index (χ3n) is 6.73. The van der Waals surface area contributed by atoms with Crippen molar-refractivity contribution >= 4 is 5.78 Å². The summed E-state index contributed by atoms with van der Waals surface area (Å²) in [5.41, 5.74) is 0.256. The Labute approximate surface area is 140 Å². The Kier molecular flexibility index (Phi) is 2.66. The summed E-state index contributed by atoms with van der Waals surface area (Å²) in [5, 5.41) is 22.1. The molecule has 0 aromatic heterocycles. The second-order valence-electron chi connectivity index (χ2n) is 7.56. The summed E-state index contributed by atoms with van der Waals surface area (Å²) >= 11 is 0. The van der Waals surface area contributed by atoms with Gasteiger partial charge in [-0.2, -0.15) is 0 Å². The van der Waals surface area contributed by atoms with Gasteiger partial charge in [-0.1, -0.05) is 12.1 Å². The quantitative estimate of drug-likeness (QED) is 0.802. The van der Waals surface area contributed by atoms with Crippen molar-refractivity contribution in [2.75, 3.05) is 13.1 Å². The first-order valence-electron chi connectivity index (χ1n) is 8.65. The molecule has 4 aliphatic rings. The number of rotatable bonds is 2. The molecule has 2 aliphatic carbocycles. The maximum Gasteiger partial charge on any atom is 0.174 e. The minimum absolute atomic E-state index is 0.0408. The van der Waals surface area contributed by atoms with Gasteiger partial charge in [0.2, 0.25) is 0 Å². The highest BCUT2D eigenvalue weighted by molar-refractivity contribution is 5.90. The molecule has 1 aromatic rings. The average molecular weight is 327 g/mol. The number of phenols is 1. The molecule has 0 amide bonds. The molecular weight excluding hydrogens is 306 g/mol. The average Bonchev–Trinajstić information content (AvgIpc) is 2.91. The Bertz CT molecular complexity index is 775. The topological polar surface area (TPSA) is 70.0 Å². The molecule has 5 nitrogen and oxygen atoms in total. The van der Waals surface area contributed by atoms with Gasteiger partial charge in [-0.3, -0.25) is 9.69 Å². The van der Waals surface area contributed by atoms with Crippen LogP contribution in [0, 0.1) is 0 Å². The molecule has 2 bridgehead atoms. The maximum atomic E-state index is 12.6. The first-order valence-corrected chi connectivity index (χ1v) is 8.65. The molecule has 0 unspecified atom stereocenters. The van der Waals surface area contributed by atoms with Crippen molar-refractivity contribution in [1.29, 1.82) is 0 Å². The summed E-state index contributed by atoms with van der Waals surface area (Å²) in [7, 11) is 0. The summed E-state index contributed by atoms with van der Waals surface area (Å²) in [4.78, 5) is 14.9. The number of carbonyl (C=O) groups excluding carboxylic acids is 1. The van der Waals surface area contributed by atoms with Gasteiger partial charge in [0.05, 0.1) is 11.0 Å². The maximum absolute atomic E-state index is 12.6. The zero-order valence-electron chi connectivity index (χ0n) is 13.5. The van der Waals surface area contributed by atoms with Crippen LogP contribution in [0.4, 0.5) is 0 Å². The van der Waals surface area contributed by atoms with E-state index >= 15 is 0 Å². The lowest BCUT2D eigenvalue weighted by molar-refractivity contribution is -0.187. The van der Waals surface area contributed by atoms with Gasteiger partial charge in [-0.15, -0.1) is 6.58 Å². The van der Waals surface area contributed by atoms with E-state index in [9.17, 15) is 15.0 Å². The number of likely N-dealkylation sites (tertiary alicyclic amines) is 1. The molecule has 1 saturated carbocycles. The number of ketones is 1. The number of aliphatic hydroxyl groups is 1. The number of aromatic hydroxyl groups is 1. The van der Waals surface area contributed by atoms with Gasteiger partial charge in [0, 0.05) is 31.1 Å². The van der Waals surface area contributed by atoms with Crippen molar-refractivity contribution in [1.82, 2.24) is 4.90 Å². The lowest BCUT2D eigenvalue weighted by Crippen LogP contribution is -2.76. The molecule has 2 aliphatic heterocycles. The second-order valence-corrected chi connectivity index (χ2v) is 7.56. The minimum Gasteiger partial charge on any atom is -0.504 e. The van der Waals surface area contributed by atoms with Crippen LogP contribution in [0.25, 0.3) is 0 Å². The number of hydrogen-bond donors (Lipinski definition) is 2. The monoisotopic (exact) mass is 327 g/mol.